The average molecular weight is 654 g/mol. The van der Waals surface area contributed by atoms with E-state index >= 15 is 0 Å². The molecule has 2 nitrogen and oxygen atoms in total. The van der Waals surface area contributed by atoms with Crippen LogP contribution in [-0.2, 0) is 5.41 Å². The van der Waals surface area contributed by atoms with Gasteiger partial charge in [-0.3, -0.25) is 0 Å². The molecule has 0 fully saturated rings. The van der Waals surface area contributed by atoms with E-state index in [9.17, 15) is 0 Å². The Kier molecular flexibility index (Phi) is 5.88. The van der Waals surface area contributed by atoms with Gasteiger partial charge in [-0.05, 0) is 86.8 Å². The van der Waals surface area contributed by atoms with Crippen molar-refractivity contribution in [2.45, 2.75) is 32.1 Å². The van der Waals surface area contributed by atoms with Crippen molar-refractivity contribution < 1.29 is 4.42 Å². The molecule has 0 spiro atoms. The lowest BCUT2D eigenvalue weighted by molar-refractivity contribution is 0.606. The molecule has 7 aromatic carbocycles. The molecule has 0 radical (unpaired) electrons. The molecule has 8 aromatic rings. The van der Waals surface area contributed by atoms with Gasteiger partial charge in [0, 0.05) is 38.6 Å². The number of benzene rings is 7. The molecule has 0 unspecified atom stereocenters. The lowest BCUT2D eigenvalue weighted by atomic mass is 9.78. The first-order chi connectivity index (χ1) is 25.1. The van der Waals surface area contributed by atoms with E-state index in [1.165, 1.54) is 66.7 Å². The van der Waals surface area contributed by atoms with Crippen LogP contribution in [0.3, 0.4) is 0 Å². The largest absolute Gasteiger partial charge is 0.455 e. The summed E-state index contributed by atoms with van der Waals surface area (Å²) in [6.07, 6.45) is 4.58. The van der Waals surface area contributed by atoms with Gasteiger partial charge in [-0.15, -0.1) is 0 Å². The minimum Gasteiger partial charge on any atom is -0.455 e. The highest BCUT2D eigenvalue weighted by atomic mass is 16.3. The third kappa shape index (κ3) is 3.93. The summed E-state index contributed by atoms with van der Waals surface area (Å²) in [7, 11) is 0. The highest BCUT2D eigenvalue weighted by Crippen LogP contribution is 2.57. The Balaban J connectivity index is 1.15. The maximum absolute atomic E-state index is 6.46. The molecule has 0 atom stereocenters. The fourth-order valence-electron chi connectivity index (χ4n) is 9.43. The standard InChI is InChI=1S/C49H35NO/c1-49(2)40-20-7-5-16-39(40)46-41(49)21-11-22-42(46)50(43-29-26-31-12-9-18-36-34-13-3-4-15-37(34)47(43)45(31)36)32-27-24-30(25-28-32)33-17-10-19-38-35-14-6-8-23-44(35)51-48(33)38/h3-10,12-20,22-29H,11,21H2,1-2H3. The second-order valence-corrected chi connectivity index (χ2v) is 14.7. The predicted octanol–water partition coefficient (Wildman–Crippen LogP) is 13.6. The molecule has 0 saturated carbocycles. The fraction of sp³-hybridized carbons (Fsp3) is 0.102. The van der Waals surface area contributed by atoms with Crippen LogP contribution in [0.15, 0.2) is 167 Å². The van der Waals surface area contributed by atoms with Crippen LogP contribution in [0.1, 0.15) is 37.8 Å². The number of rotatable bonds is 4. The number of fused-ring (bicyclic) bond motifs is 8. The molecular formula is C49H35NO. The quantitative estimate of drug-likeness (QED) is 0.188. The van der Waals surface area contributed by atoms with Crippen molar-refractivity contribution >= 4 is 49.7 Å². The first-order valence-corrected chi connectivity index (χ1v) is 18.1. The Morgan fingerprint density at radius 2 is 1.29 bits per heavy atom. The van der Waals surface area contributed by atoms with Gasteiger partial charge in [0.25, 0.3) is 0 Å². The molecule has 0 amide bonds. The van der Waals surface area contributed by atoms with Gasteiger partial charge in [-0.25, -0.2) is 0 Å². The van der Waals surface area contributed by atoms with Gasteiger partial charge in [0.15, 0.2) is 0 Å². The zero-order chi connectivity index (χ0) is 33.8. The fourth-order valence-corrected chi connectivity index (χ4v) is 9.43. The number of hydrogen-bond acceptors (Lipinski definition) is 2. The molecule has 11 rings (SSSR count). The van der Waals surface area contributed by atoms with Gasteiger partial charge in [0.2, 0.25) is 0 Å². The normalized spacial score (nSPS) is 15.3. The van der Waals surface area contributed by atoms with Gasteiger partial charge in [-0.2, -0.15) is 0 Å². The molecule has 0 aliphatic heterocycles. The van der Waals surface area contributed by atoms with E-state index in [4.69, 9.17) is 4.42 Å². The number of hydrogen-bond donors (Lipinski definition) is 0. The summed E-state index contributed by atoms with van der Waals surface area (Å²) in [4.78, 5) is 2.56. The average Bonchev–Trinajstić information content (AvgIpc) is 3.80. The third-order valence-corrected chi connectivity index (χ3v) is 11.7. The molecule has 51 heavy (non-hydrogen) atoms. The first kappa shape index (κ1) is 28.7. The molecule has 3 aliphatic carbocycles. The van der Waals surface area contributed by atoms with Crippen LogP contribution in [0.4, 0.5) is 11.4 Å². The summed E-state index contributed by atoms with van der Waals surface area (Å²) in [6, 6.07) is 53.4. The van der Waals surface area contributed by atoms with Crippen molar-refractivity contribution in [3.05, 3.63) is 174 Å². The summed E-state index contributed by atoms with van der Waals surface area (Å²) in [5.41, 5.74) is 18.7. The molecule has 0 N–H and O–H groups in total. The van der Waals surface area contributed by atoms with E-state index < -0.39 is 0 Å². The third-order valence-electron chi connectivity index (χ3n) is 11.7. The minimum absolute atomic E-state index is 0.0217. The van der Waals surface area contributed by atoms with Crippen LogP contribution in [0.25, 0.3) is 71.7 Å². The van der Waals surface area contributed by atoms with Gasteiger partial charge in [-0.1, -0.05) is 141 Å². The summed E-state index contributed by atoms with van der Waals surface area (Å²) in [5.74, 6) is 0. The topological polar surface area (TPSA) is 16.4 Å². The van der Waals surface area contributed by atoms with Crippen LogP contribution >= 0.6 is 0 Å². The Morgan fingerprint density at radius 1 is 0.588 bits per heavy atom. The smallest absolute Gasteiger partial charge is 0.143 e. The van der Waals surface area contributed by atoms with Crippen LogP contribution in [0.5, 0.6) is 0 Å². The number of anilines is 2. The summed E-state index contributed by atoms with van der Waals surface area (Å²) in [6.45, 7) is 4.82. The lowest BCUT2D eigenvalue weighted by Gasteiger charge is -2.34. The van der Waals surface area contributed by atoms with E-state index in [1.54, 1.807) is 0 Å². The van der Waals surface area contributed by atoms with Crippen molar-refractivity contribution in [2.75, 3.05) is 4.90 Å². The number of nitrogens with zero attached hydrogens (tertiary/aromatic N) is 1. The van der Waals surface area contributed by atoms with E-state index in [1.807, 2.05) is 6.07 Å². The Hall–Kier alpha value is -6.12. The second-order valence-electron chi connectivity index (χ2n) is 14.7. The maximum Gasteiger partial charge on any atom is 0.143 e. The lowest BCUT2D eigenvalue weighted by Crippen LogP contribution is -2.22. The van der Waals surface area contributed by atoms with Gasteiger partial charge in [0.1, 0.15) is 11.2 Å². The van der Waals surface area contributed by atoms with Crippen molar-refractivity contribution in [2.24, 2.45) is 0 Å². The van der Waals surface area contributed by atoms with E-state index in [2.05, 4.69) is 164 Å². The highest BCUT2D eigenvalue weighted by molar-refractivity contribution is 6.20. The van der Waals surface area contributed by atoms with Crippen molar-refractivity contribution in [1.29, 1.82) is 0 Å². The first-order valence-electron chi connectivity index (χ1n) is 18.1. The zero-order valence-corrected chi connectivity index (χ0v) is 28.7. The SMILES string of the molecule is CC1(C)C2=C(C(N(c3ccc(-c4cccc5c4oc4ccccc45)cc3)c3ccc4cccc5c4c3-c3ccccc3-5)=CCC2)c2ccccc21. The van der Waals surface area contributed by atoms with Crippen LogP contribution in [0.2, 0.25) is 0 Å². The predicted molar refractivity (Wildman–Crippen MR) is 213 cm³/mol. The van der Waals surface area contributed by atoms with Crippen molar-refractivity contribution in [3.8, 4) is 33.4 Å². The summed E-state index contributed by atoms with van der Waals surface area (Å²) < 4.78 is 6.46. The van der Waals surface area contributed by atoms with E-state index in [0.717, 1.165) is 51.6 Å². The molecular weight excluding hydrogens is 619 g/mol. The molecule has 1 heterocycles. The maximum atomic E-state index is 6.46. The van der Waals surface area contributed by atoms with Crippen LogP contribution in [-0.4, -0.2) is 0 Å². The molecule has 2 heteroatoms. The number of para-hydroxylation sites is 2. The number of furan rings is 1. The van der Waals surface area contributed by atoms with Crippen molar-refractivity contribution in [1.82, 2.24) is 0 Å². The van der Waals surface area contributed by atoms with Gasteiger partial charge in [0.05, 0.1) is 11.4 Å². The molecule has 1 aromatic heterocycles. The van der Waals surface area contributed by atoms with Crippen LogP contribution in [0, 0.1) is 0 Å². The molecule has 242 valence electrons. The molecule has 0 saturated heterocycles. The van der Waals surface area contributed by atoms with Gasteiger partial charge < -0.3 is 9.32 Å². The van der Waals surface area contributed by atoms with Crippen molar-refractivity contribution in [3.63, 3.8) is 0 Å². The Morgan fingerprint density at radius 3 is 2.18 bits per heavy atom. The van der Waals surface area contributed by atoms with E-state index in [-0.39, 0.29) is 5.41 Å². The minimum atomic E-state index is -0.0217. The number of allylic oxidation sites excluding steroid dienone is 3. The monoisotopic (exact) mass is 653 g/mol. The summed E-state index contributed by atoms with van der Waals surface area (Å²) >= 11 is 0. The second kappa shape index (κ2) is 10.4. The summed E-state index contributed by atoms with van der Waals surface area (Å²) in [5, 5.41) is 4.92. The van der Waals surface area contributed by atoms with Crippen LogP contribution < -0.4 is 4.90 Å². The Bertz CT molecular complexity index is 2830. The Labute approximate surface area is 297 Å². The molecule has 0 bridgehead atoms. The molecule has 3 aliphatic rings. The zero-order valence-electron chi connectivity index (χ0n) is 28.7. The highest BCUT2D eigenvalue weighted by Gasteiger charge is 2.41. The van der Waals surface area contributed by atoms with Gasteiger partial charge >= 0.3 is 0 Å². The van der Waals surface area contributed by atoms with E-state index in [0.29, 0.717) is 0 Å².